The lowest BCUT2D eigenvalue weighted by Gasteiger charge is -2.27. The van der Waals surface area contributed by atoms with Crippen LogP contribution in [0.1, 0.15) is 12.5 Å². The molecular weight excluding hydrogens is 302 g/mol. The van der Waals surface area contributed by atoms with Gasteiger partial charge < -0.3 is 9.47 Å². The standard InChI is InChI=1S/C13H20ClNO4S/c1-13(19-3,10-18-2)9-15-20(16,17)8-11-6-4-5-7-12(11)14/h4-7,15H,8-10H2,1-3H3. The molecule has 0 aliphatic carbocycles. The number of ether oxygens (including phenoxy) is 2. The molecule has 0 spiro atoms. The van der Waals surface area contributed by atoms with Crippen molar-refractivity contribution in [1.29, 1.82) is 0 Å². The number of sulfonamides is 1. The monoisotopic (exact) mass is 321 g/mol. The van der Waals surface area contributed by atoms with Gasteiger partial charge in [-0.2, -0.15) is 0 Å². The van der Waals surface area contributed by atoms with E-state index in [0.717, 1.165) is 0 Å². The normalized spacial score (nSPS) is 15.0. The topological polar surface area (TPSA) is 64.6 Å². The summed E-state index contributed by atoms with van der Waals surface area (Å²) >= 11 is 5.96. The molecule has 7 heteroatoms. The van der Waals surface area contributed by atoms with Gasteiger partial charge in [0.25, 0.3) is 0 Å². The van der Waals surface area contributed by atoms with Gasteiger partial charge in [0.05, 0.1) is 12.4 Å². The lowest BCUT2D eigenvalue weighted by molar-refractivity contribution is -0.0460. The van der Waals surface area contributed by atoms with Crippen LogP contribution in [0.4, 0.5) is 0 Å². The van der Waals surface area contributed by atoms with Crippen LogP contribution < -0.4 is 4.72 Å². The fraction of sp³-hybridized carbons (Fsp3) is 0.538. The number of hydrogen-bond donors (Lipinski definition) is 1. The number of benzene rings is 1. The first-order chi connectivity index (χ1) is 9.32. The summed E-state index contributed by atoms with van der Waals surface area (Å²) in [5.74, 6) is -0.167. The first-order valence-electron chi connectivity index (χ1n) is 6.07. The van der Waals surface area contributed by atoms with E-state index in [1.54, 1.807) is 31.2 Å². The van der Waals surface area contributed by atoms with Crippen LogP contribution in [-0.2, 0) is 25.2 Å². The molecule has 1 aromatic rings. The van der Waals surface area contributed by atoms with Crippen LogP contribution in [0.3, 0.4) is 0 Å². The van der Waals surface area contributed by atoms with Crippen molar-refractivity contribution in [1.82, 2.24) is 4.72 Å². The third kappa shape index (κ3) is 5.38. The molecule has 0 bridgehead atoms. The van der Waals surface area contributed by atoms with Gasteiger partial charge in [-0.3, -0.25) is 0 Å². The molecular formula is C13H20ClNO4S. The fourth-order valence-electron chi connectivity index (χ4n) is 1.62. The number of hydrogen-bond acceptors (Lipinski definition) is 4. The highest BCUT2D eigenvalue weighted by Gasteiger charge is 2.26. The van der Waals surface area contributed by atoms with Gasteiger partial charge in [-0.15, -0.1) is 0 Å². The second-order valence-corrected chi connectivity index (χ2v) is 6.97. The summed E-state index contributed by atoms with van der Waals surface area (Å²) in [5, 5.41) is 0.435. The highest BCUT2D eigenvalue weighted by atomic mass is 35.5. The summed E-state index contributed by atoms with van der Waals surface area (Å²) < 4.78 is 36.9. The Morgan fingerprint density at radius 3 is 2.50 bits per heavy atom. The Bertz CT molecular complexity index is 535. The van der Waals surface area contributed by atoms with Crippen LogP contribution in [0.25, 0.3) is 0 Å². The quantitative estimate of drug-likeness (QED) is 0.793. The predicted molar refractivity (Wildman–Crippen MR) is 79.4 cm³/mol. The van der Waals surface area contributed by atoms with Crippen LogP contribution in [0.2, 0.25) is 5.02 Å². The van der Waals surface area contributed by atoms with Crippen LogP contribution in [0.15, 0.2) is 24.3 Å². The maximum atomic E-state index is 12.1. The second-order valence-electron chi connectivity index (χ2n) is 4.76. The molecule has 0 amide bonds. The molecule has 0 saturated carbocycles. The SMILES string of the molecule is COCC(C)(CNS(=O)(=O)Cc1ccccc1Cl)OC. The van der Waals surface area contributed by atoms with E-state index in [0.29, 0.717) is 10.6 Å². The molecule has 0 heterocycles. The molecule has 1 aromatic carbocycles. The van der Waals surface area contributed by atoms with Gasteiger partial charge >= 0.3 is 0 Å². The van der Waals surface area contributed by atoms with Crippen molar-refractivity contribution in [3.63, 3.8) is 0 Å². The van der Waals surface area contributed by atoms with E-state index in [4.69, 9.17) is 21.1 Å². The molecule has 1 atom stereocenters. The molecule has 1 unspecified atom stereocenters. The molecule has 0 radical (unpaired) electrons. The van der Waals surface area contributed by atoms with Gasteiger partial charge in [0.15, 0.2) is 0 Å². The first kappa shape index (κ1) is 17.4. The molecule has 1 rings (SSSR count). The van der Waals surface area contributed by atoms with Crippen LogP contribution in [0.5, 0.6) is 0 Å². The number of halogens is 1. The van der Waals surface area contributed by atoms with E-state index in [-0.39, 0.29) is 18.9 Å². The molecule has 5 nitrogen and oxygen atoms in total. The Morgan fingerprint density at radius 2 is 1.95 bits per heavy atom. The van der Waals surface area contributed by atoms with Gasteiger partial charge in [-0.25, -0.2) is 13.1 Å². The third-order valence-electron chi connectivity index (χ3n) is 2.91. The lowest BCUT2D eigenvalue weighted by Crippen LogP contribution is -2.45. The van der Waals surface area contributed by atoms with Crippen molar-refractivity contribution in [2.45, 2.75) is 18.3 Å². The summed E-state index contributed by atoms with van der Waals surface area (Å²) in [6, 6.07) is 6.86. The molecule has 0 fully saturated rings. The predicted octanol–water partition coefficient (Wildman–Crippen LogP) is 1.81. The molecule has 0 saturated heterocycles. The Hall–Kier alpha value is -0.660. The van der Waals surface area contributed by atoms with Gasteiger partial charge in [0, 0.05) is 25.8 Å². The van der Waals surface area contributed by atoms with Gasteiger partial charge in [0.2, 0.25) is 10.0 Å². The van der Waals surface area contributed by atoms with Crippen molar-refractivity contribution in [2.24, 2.45) is 0 Å². The summed E-state index contributed by atoms with van der Waals surface area (Å²) in [7, 11) is -0.436. The minimum atomic E-state index is -3.49. The number of rotatable bonds is 8. The van der Waals surface area contributed by atoms with Crippen molar-refractivity contribution in [3.8, 4) is 0 Å². The van der Waals surface area contributed by atoms with Gasteiger partial charge in [-0.05, 0) is 18.6 Å². The van der Waals surface area contributed by atoms with Crippen molar-refractivity contribution < 1.29 is 17.9 Å². The zero-order valence-electron chi connectivity index (χ0n) is 11.8. The van der Waals surface area contributed by atoms with E-state index in [1.165, 1.54) is 14.2 Å². The van der Waals surface area contributed by atoms with E-state index in [1.807, 2.05) is 0 Å². The Labute approximate surface area is 125 Å². The largest absolute Gasteiger partial charge is 0.382 e. The summed E-state index contributed by atoms with van der Waals surface area (Å²) in [5.41, 5.74) is -0.144. The zero-order chi connectivity index (χ0) is 15.2. The Balaban J connectivity index is 2.69. The molecule has 114 valence electrons. The Kier molecular flexibility index (Phi) is 6.42. The fourth-order valence-corrected chi connectivity index (χ4v) is 3.19. The van der Waals surface area contributed by atoms with Crippen molar-refractivity contribution in [3.05, 3.63) is 34.9 Å². The number of methoxy groups -OCH3 is 2. The van der Waals surface area contributed by atoms with E-state index in [9.17, 15) is 8.42 Å². The minimum Gasteiger partial charge on any atom is -0.382 e. The van der Waals surface area contributed by atoms with Crippen LogP contribution >= 0.6 is 11.6 Å². The van der Waals surface area contributed by atoms with Crippen LogP contribution in [-0.4, -0.2) is 41.4 Å². The van der Waals surface area contributed by atoms with Gasteiger partial charge in [-0.1, -0.05) is 29.8 Å². The number of nitrogens with one attached hydrogen (secondary N) is 1. The molecule has 20 heavy (non-hydrogen) atoms. The third-order valence-corrected chi connectivity index (χ3v) is 4.56. The first-order valence-corrected chi connectivity index (χ1v) is 8.10. The minimum absolute atomic E-state index is 0.129. The van der Waals surface area contributed by atoms with Crippen molar-refractivity contribution in [2.75, 3.05) is 27.4 Å². The second kappa shape index (κ2) is 7.38. The molecule has 0 aliphatic rings. The zero-order valence-corrected chi connectivity index (χ0v) is 13.4. The molecule has 1 N–H and O–H groups in total. The lowest BCUT2D eigenvalue weighted by atomic mass is 10.1. The highest BCUT2D eigenvalue weighted by Crippen LogP contribution is 2.17. The van der Waals surface area contributed by atoms with Crippen LogP contribution in [0, 0.1) is 0 Å². The maximum absolute atomic E-state index is 12.1. The summed E-state index contributed by atoms with van der Waals surface area (Å²) in [4.78, 5) is 0. The van der Waals surface area contributed by atoms with E-state index >= 15 is 0 Å². The maximum Gasteiger partial charge on any atom is 0.215 e. The molecule has 0 aliphatic heterocycles. The van der Waals surface area contributed by atoms with E-state index < -0.39 is 15.6 Å². The Morgan fingerprint density at radius 1 is 1.30 bits per heavy atom. The average molecular weight is 322 g/mol. The van der Waals surface area contributed by atoms with Gasteiger partial charge in [0.1, 0.15) is 5.60 Å². The highest BCUT2D eigenvalue weighted by molar-refractivity contribution is 7.88. The average Bonchev–Trinajstić information content (AvgIpc) is 2.40. The summed E-state index contributed by atoms with van der Waals surface area (Å²) in [6.45, 7) is 2.19. The van der Waals surface area contributed by atoms with E-state index in [2.05, 4.69) is 4.72 Å². The smallest absolute Gasteiger partial charge is 0.215 e. The molecule has 0 aromatic heterocycles. The summed E-state index contributed by atoms with van der Waals surface area (Å²) in [6.07, 6.45) is 0. The van der Waals surface area contributed by atoms with Crippen molar-refractivity contribution >= 4 is 21.6 Å².